The van der Waals surface area contributed by atoms with E-state index in [9.17, 15) is 19.2 Å². The van der Waals surface area contributed by atoms with Gasteiger partial charge in [0, 0.05) is 6.54 Å². The first-order chi connectivity index (χ1) is 8.51. The third kappa shape index (κ3) is 3.06. The third-order valence-corrected chi connectivity index (χ3v) is 2.70. The highest BCUT2D eigenvalue weighted by Gasteiger charge is 2.39. The molecular weight excluding hydrogens is 240 g/mol. The number of esters is 1. The molecule has 4 amide bonds. The van der Waals surface area contributed by atoms with Gasteiger partial charge >= 0.3 is 12.0 Å². The van der Waals surface area contributed by atoms with E-state index in [0.717, 1.165) is 4.90 Å². The van der Waals surface area contributed by atoms with Gasteiger partial charge < -0.3 is 4.74 Å². The Balaban J connectivity index is 2.71. The zero-order chi connectivity index (χ0) is 13.7. The number of nitrogens with one attached hydrogen (secondary N) is 1. The molecule has 1 aliphatic heterocycles. The number of imide groups is 2. The molecule has 7 nitrogen and oxygen atoms in total. The fourth-order valence-corrected chi connectivity index (χ4v) is 1.72. The number of methoxy groups -OCH3 is 1. The first-order valence-electron chi connectivity index (χ1n) is 5.74. The monoisotopic (exact) mass is 256 g/mol. The van der Waals surface area contributed by atoms with Crippen LogP contribution in [-0.2, 0) is 19.1 Å². The van der Waals surface area contributed by atoms with Gasteiger partial charge in [-0.3, -0.25) is 24.6 Å². The first kappa shape index (κ1) is 14.1. The lowest BCUT2D eigenvalue weighted by Gasteiger charge is -2.29. The molecule has 0 spiro atoms. The zero-order valence-corrected chi connectivity index (χ0v) is 10.4. The van der Waals surface area contributed by atoms with E-state index in [4.69, 9.17) is 0 Å². The molecule has 7 heteroatoms. The second-order valence-electron chi connectivity index (χ2n) is 3.95. The second kappa shape index (κ2) is 6.13. The SMILES string of the molecule is CCCC1C(=O)NC(=O)N(CCC(=O)OC)C1=O. The van der Waals surface area contributed by atoms with Crippen LogP contribution in [0, 0.1) is 5.92 Å². The molecule has 0 saturated carbocycles. The van der Waals surface area contributed by atoms with Gasteiger partial charge in [-0.1, -0.05) is 13.3 Å². The highest BCUT2D eigenvalue weighted by molar-refractivity contribution is 6.16. The van der Waals surface area contributed by atoms with Gasteiger partial charge in [-0.25, -0.2) is 4.79 Å². The Bertz CT molecular complexity index is 380. The largest absolute Gasteiger partial charge is 0.469 e. The summed E-state index contributed by atoms with van der Waals surface area (Å²) in [5, 5.41) is 2.11. The molecule has 1 unspecified atom stereocenters. The molecule has 0 aromatic heterocycles. The minimum absolute atomic E-state index is 0.0785. The number of amides is 4. The van der Waals surface area contributed by atoms with Crippen LogP contribution in [0.2, 0.25) is 0 Å². The summed E-state index contributed by atoms with van der Waals surface area (Å²) in [6.07, 6.45) is 0.957. The van der Waals surface area contributed by atoms with E-state index < -0.39 is 29.7 Å². The molecule has 100 valence electrons. The normalized spacial score (nSPS) is 19.8. The second-order valence-corrected chi connectivity index (χ2v) is 3.95. The maximum Gasteiger partial charge on any atom is 0.330 e. The van der Waals surface area contributed by atoms with E-state index >= 15 is 0 Å². The average molecular weight is 256 g/mol. The minimum Gasteiger partial charge on any atom is -0.469 e. The van der Waals surface area contributed by atoms with Gasteiger partial charge in [-0.15, -0.1) is 0 Å². The van der Waals surface area contributed by atoms with E-state index in [1.807, 2.05) is 6.92 Å². The van der Waals surface area contributed by atoms with Crippen LogP contribution in [0.5, 0.6) is 0 Å². The maximum absolute atomic E-state index is 11.9. The van der Waals surface area contributed by atoms with E-state index in [0.29, 0.717) is 12.8 Å². The zero-order valence-electron chi connectivity index (χ0n) is 10.4. The molecule has 1 N–H and O–H groups in total. The summed E-state index contributed by atoms with van der Waals surface area (Å²) in [4.78, 5) is 46.8. The Morgan fingerprint density at radius 1 is 1.39 bits per heavy atom. The van der Waals surface area contributed by atoms with Gasteiger partial charge in [0.05, 0.1) is 13.5 Å². The lowest BCUT2D eigenvalue weighted by Crippen LogP contribution is -2.58. The minimum atomic E-state index is -0.842. The summed E-state index contributed by atoms with van der Waals surface area (Å²) < 4.78 is 4.43. The number of urea groups is 1. The molecule has 1 heterocycles. The number of hydrogen-bond acceptors (Lipinski definition) is 5. The van der Waals surface area contributed by atoms with Crippen molar-refractivity contribution in [3.63, 3.8) is 0 Å². The van der Waals surface area contributed by atoms with Crippen molar-refractivity contribution in [3.8, 4) is 0 Å². The van der Waals surface area contributed by atoms with Gasteiger partial charge in [0.15, 0.2) is 0 Å². The van der Waals surface area contributed by atoms with Crippen LogP contribution in [0.25, 0.3) is 0 Å². The van der Waals surface area contributed by atoms with Crippen molar-refractivity contribution >= 4 is 23.8 Å². The van der Waals surface area contributed by atoms with Gasteiger partial charge in [-0.2, -0.15) is 0 Å². The number of nitrogens with zero attached hydrogens (tertiary/aromatic N) is 1. The molecule has 0 aliphatic carbocycles. The smallest absolute Gasteiger partial charge is 0.330 e. The Morgan fingerprint density at radius 3 is 2.61 bits per heavy atom. The molecule has 1 atom stereocenters. The van der Waals surface area contributed by atoms with Crippen LogP contribution in [0.15, 0.2) is 0 Å². The lowest BCUT2D eigenvalue weighted by atomic mass is 9.99. The Kier molecular flexibility index (Phi) is 4.82. The molecule has 0 radical (unpaired) electrons. The van der Waals surface area contributed by atoms with Crippen molar-refractivity contribution in [1.82, 2.24) is 10.2 Å². The fourth-order valence-electron chi connectivity index (χ4n) is 1.72. The van der Waals surface area contributed by atoms with E-state index in [1.54, 1.807) is 0 Å². The van der Waals surface area contributed by atoms with Crippen molar-refractivity contribution in [3.05, 3.63) is 0 Å². The molecule has 0 aromatic rings. The third-order valence-electron chi connectivity index (χ3n) is 2.70. The summed E-state index contributed by atoms with van der Waals surface area (Å²) in [6, 6.07) is -0.777. The molecule has 0 aromatic carbocycles. The Labute approximate surface area is 104 Å². The van der Waals surface area contributed by atoms with Gasteiger partial charge in [0.2, 0.25) is 11.8 Å². The van der Waals surface area contributed by atoms with Crippen LogP contribution in [-0.4, -0.2) is 42.4 Å². The summed E-state index contributed by atoms with van der Waals surface area (Å²) in [6.45, 7) is 1.76. The molecular formula is C11H16N2O5. The fraction of sp³-hybridized carbons (Fsp3) is 0.636. The molecule has 1 saturated heterocycles. The molecule has 1 aliphatic rings. The van der Waals surface area contributed by atoms with Crippen LogP contribution >= 0.6 is 0 Å². The lowest BCUT2D eigenvalue weighted by molar-refractivity contribution is -0.144. The van der Waals surface area contributed by atoms with Crippen molar-refractivity contribution in [2.45, 2.75) is 26.2 Å². The summed E-state index contributed by atoms with van der Waals surface area (Å²) in [7, 11) is 1.23. The summed E-state index contributed by atoms with van der Waals surface area (Å²) in [5.41, 5.74) is 0. The quantitative estimate of drug-likeness (QED) is 0.554. The van der Waals surface area contributed by atoms with Gasteiger partial charge in [-0.05, 0) is 6.42 Å². The number of carbonyl (C=O) groups excluding carboxylic acids is 4. The number of ether oxygens (including phenoxy) is 1. The Morgan fingerprint density at radius 2 is 2.06 bits per heavy atom. The molecule has 1 fully saturated rings. The van der Waals surface area contributed by atoms with Crippen LogP contribution < -0.4 is 5.32 Å². The van der Waals surface area contributed by atoms with Crippen LogP contribution in [0.4, 0.5) is 4.79 Å². The van der Waals surface area contributed by atoms with Gasteiger partial charge in [0.25, 0.3) is 0 Å². The predicted octanol–water partition coefficient (Wildman–Crippen LogP) is 0.0442. The number of hydrogen-bond donors (Lipinski definition) is 1. The average Bonchev–Trinajstić information content (AvgIpc) is 2.33. The summed E-state index contributed by atoms with van der Waals surface area (Å²) in [5.74, 6) is -2.47. The summed E-state index contributed by atoms with van der Waals surface area (Å²) >= 11 is 0. The molecule has 18 heavy (non-hydrogen) atoms. The molecule has 1 rings (SSSR count). The van der Waals surface area contributed by atoms with Crippen molar-refractivity contribution in [1.29, 1.82) is 0 Å². The van der Waals surface area contributed by atoms with E-state index in [-0.39, 0.29) is 13.0 Å². The van der Waals surface area contributed by atoms with Crippen molar-refractivity contribution in [2.75, 3.05) is 13.7 Å². The van der Waals surface area contributed by atoms with Crippen LogP contribution in [0.3, 0.4) is 0 Å². The van der Waals surface area contributed by atoms with Crippen molar-refractivity contribution in [2.24, 2.45) is 5.92 Å². The van der Waals surface area contributed by atoms with Gasteiger partial charge in [0.1, 0.15) is 5.92 Å². The predicted molar refractivity (Wildman–Crippen MR) is 60.3 cm³/mol. The standard InChI is InChI=1S/C11H16N2O5/c1-3-4-7-9(15)12-11(17)13(10(7)16)6-5-8(14)18-2/h7H,3-6H2,1-2H3,(H,12,15,17). The van der Waals surface area contributed by atoms with Crippen LogP contribution in [0.1, 0.15) is 26.2 Å². The maximum atomic E-state index is 11.9. The Hall–Kier alpha value is -1.92. The number of rotatable bonds is 5. The van der Waals surface area contributed by atoms with E-state index in [2.05, 4.69) is 10.1 Å². The van der Waals surface area contributed by atoms with E-state index in [1.165, 1.54) is 7.11 Å². The highest BCUT2D eigenvalue weighted by Crippen LogP contribution is 2.16. The highest BCUT2D eigenvalue weighted by atomic mass is 16.5. The number of carbonyl (C=O) groups is 4. The topological polar surface area (TPSA) is 92.8 Å². The number of barbiturate groups is 1. The molecule has 0 bridgehead atoms. The van der Waals surface area contributed by atoms with Crippen molar-refractivity contribution < 1.29 is 23.9 Å². The first-order valence-corrected chi connectivity index (χ1v) is 5.74.